The lowest BCUT2D eigenvalue weighted by molar-refractivity contribution is -0.138. The van der Waals surface area contributed by atoms with E-state index in [1.807, 2.05) is 30.3 Å². The van der Waals surface area contributed by atoms with Gasteiger partial charge in [0.1, 0.15) is 0 Å². The Labute approximate surface area is 150 Å². The third-order valence-corrected chi connectivity index (χ3v) is 4.42. The minimum Gasteiger partial charge on any atom is -0.454 e. The van der Waals surface area contributed by atoms with Crippen molar-refractivity contribution in [2.45, 2.75) is 13.0 Å². The van der Waals surface area contributed by atoms with E-state index in [1.54, 1.807) is 23.1 Å². The number of carbonyl (C=O) groups excluding carboxylic acids is 2. The molecule has 0 bridgehead atoms. The van der Waals surface area contributed by atoms with Crippen molar-refractivity contribution in [2.24, 2.45) is 5.92 Å². The predicted octanol–water partition coefficient (Wildman–Crippen LogP) is 2.02. The molecule has 0 unspecified atom stereocenters. The van der Waals surface area contributed by atoms with Gasteiger partial charge in [-0.25, -0.2) is 5.48 Å². The van der Waals surface area contributed by atoms with Gasteiger partial charge < -0.3 is 14.4 Å². The van der Waals surface area contributed by atoms with Crippen LogP contribution >= 0.6 is 0 Å². The van der Waals surface area contributed by atoms with Crippen LogP contribution in [0.25, 0.3) is 0 Å². The summed E-state index contributed by atoms with van der Waals surface area (Å²) < 4.78 is 10.6. The summed E-state index contributed by atoms with van der Waals surface area (Å²) in [6.45, 7) is 0.759. The molecule has 7 nitrogen and oxygen atoms in total. The number of hydroxylamine groups is 1. The van der Waals surface area contributed by atoms with E-state index in [-0.39, 0.29) is 31.6 Å². The van der Waals surface area contributed by atoms with Crippen molar-refractivity contribution >= 4 is 17.5 Å². The van der Waals surface area contributed by atoms with Crippen LogP contribution in [-0.4, -0.2) is 25.2 Å². The number of benzene rings is 2. The fourth-order valence-electron chi connectivity index (χ4n) is 3.03. The standard InChI is InChI=1S/C19H18N2O5/c22-18-8-14(19(23)20-26-11-13-4-2-1-3-5-13)10-21(18)15-6-7-16-17(9-15)25-12-24-16/h1-7,9,14H,8,10-12H2,(H,20,23)/t14-/m0/s1. The highest BCUT2D eigenvalue weighted by Gasteiger charge is 2.35. The molecular weight excluding hydrogens is 336 g/mol. The molecule has 2 aromatic rings. The van der Waals surface area contributed by atoms with Crippen molar-refractivity contribution in [1.82, 2.24) is 5.48 Å². The summed E-state index contributed by atoms with van der Waals surface area (Å²) in [5.74, 6) is 0.409. The van der Waals surface area contributed by atoms with Gasteiger partial charge in [-0.05, 0) is 17.7 Å². The Morgan fingerprint density at radius 3 is 2.81 bits per heavy atom. The highest BCUT2D eigenvalue weighted by atomic mass is 16.7. The fourth-order valence-corrected chi connectivity index (χ4v) is 3.03. The second-order valence-corrected chi connectivity index (χ2v) is 6.18. The van der Waals surface area contributed by atoms with Crippen molar-refractivity contribution in [2.75, 3.05) is 18.2 Å². The first-order chi connectivity index (χ1) is 12.7. The summed E-state index contributed by atoms with van der Waals surface area (Å²) in [5.41, 5.74) is 4.09. The molecule has 0 spiro atoms. The highest BCUT2D eigenvalue weighted by molar-refractivity contribution is 6.00. The first kappa shape index (κ1) is 16.4. The minimum atomic E-state index is -0.455. The summed E-state index contributed by atoms with van der Waals surface area (Å²) in [7, 11) is 0. The Morgan fingerprint density at radius 2 is 1.96 bits per heavy atom. The van der Waals surface area contributed by atoms with E-state index in [9.17, 15) is 9.59 Å². The zero-order valence-corrected chi connectivity index (χ0v) is 14.0. The van der Waals surface area contributed by atoms with Gasteiger partial charge in [0.25, 0.3) is 0 Å². The Balaban J connectivity index is 1.34. The zero-order chi connectivity index (χ0) is 17.9. The lowest BCUT2D eigenvalue weighted by Gasteiger charge is -2.17. The van der Waals surface area contributed by atoms with Crippen molar-refractivity contribution in [3.05, 3.63) is 54.1 Å². The van der Waals surface area contributed by atoms with E-state index in [0.29, 0.717) is 23.7 Å². The third kappa shape index (κ3) is 3.34. The van der Waals surface area contributed by atoms with Crippen LogP contribution in [0, 0.1) is 5.92 Å². The van der Waals surface area contributed by atoms with Crippen LogP contribution in [0.4, 0.5) is 5.69 Å². The normalized spacial score (nSPS) is 18.2. The number of ether oxygens (including phenoxy) is 2. The molecule has 26 heavy (non-hydrogen) atoms. The molecule has 134 valence electrons. The molecule has 1 fully saturated rings. The molecule has 2 aliphatic rings. The average Bonchev–Trinajstić information content (AvgIpc) is 3.28. The van der Waals surface area contributed by atoms with Crippen molar-refractivity contribution < 1.29 is 23.9 Å². The van der Waals surface area contributed by atoms with E-state index >= 15 is 0 Å². The second kappa shape index (κ2) is 7.05. The van der Waals surface area contributed by atoms with Gasteiger partial charge in [0.15, 0.2) is 11.5 Å². The molecule has 1 saturated heterocycles. The summed E-state index contributed by atoms with van der Waals surface area (Å²) in [6.07, 6.45) is 0.148. The number of fused-ring (bicyclic) bond motifs is 1. The fraction of sp³-hybridized carbons (Fsp3) is 0.263. The molecule has 0 saturated carbocycles. The summed E-state index contributed by atoms with van der Waals surface area (Å²) >= 11 is 0. The Bertz CT molecular complexity index is 824. The third-order valence-electron chi connectivity index (χ3n) is 4.42. The summed E-state index contributed by atoms with van der Waals surface area (Å²) in [6, 6.07) is 14.8. The first-order valence-corrected chi connectivity index (χ1v) is 8.36. The molecule has 0 aromatic heterocycles. The maximum atomic E-state index is 12.3. The van der Waals surface area contributed by atoms with E-state index < -0.39 is 5.92 Å². The molecule has 1 N–H and O–H groups in total. The van der Waals surface area contributed by atoms with E-state index in [1.165, 1.54) is 0 Å². The van der Waals surface area contributed by atoms with E-state index in [0.717, 1.165) is 5.56 Å². The van der Waals surface area contributed by atoms with Gasteiger partial charge in [-0.2, -0.15) is 0 Å². The van der Waals surface area contributed by atoms with Crippen molar-refractivity contribution in [3.63, 3.8) is 0 Å². The highest BCUT2D eigenvalue weighted by Crippen LogP contribution is 2.37. The Kier molecular flexibility index (Phi) is 4.45. The number of amides is 2. The van der Waals surface area contributed by atoms with Crippen LogP contribution < -0.4 is 19.9 Å². The van der Waals surface area contributed by atoms with Crippen LogP contribution in [0.5, 0.6) is 11.5 Å². The average molecular weight is 354 g/mol. The Hall–Kier alpha value is -3.06. The van der Waals surface area contributed by atoms with Gasteiger partial charge >= 0.3 is 0 Å². The van der Waals surface area contributed by atoms with Gasteiger partial charge in [0, 0.05) is 24.7 Å². The first-order valence-electron chi connectivity index (χ1n) is 8.36. The second-order valence-electron chi connectivity index (χ2n) is 6.18. The van der Waals surface area contributed by atoms with Gasteiger partial charge in [-0.15, -0.1) is 0 Å². The molecular formula is C19H18N2O5. The largest absolute Gasteiger partial charge is 0.454 e. The van der Waals surface area contributed by atoms with Crippen LogP contribution in [0.2, 0.25) is 0 Å². The Morgan fingerprint density at radius 1 is 1.15 bits per heavy atom. The molecule has 2 amide bonds. The number of carbonyl (C=O) groups is 2. The summed E-state index contributed by atoms with van der Waals surface area (Å²) in [4.78, 5) is 31.5. The number of hydrogen-bond acceptors (Lipinski definition) is 5. The van der Waals surface area contributed by atoms with Crippen LogP contribution in [-0.2, 0) is 21.0 Å². The van der Waals surface area contributed by atoms with Crippen molar-refractivity contribution in [1.29, 1.82) is 0 Å². The molecule has 4 rings (SSSR count). The molecule has 2 aromatic carbocycles. The maximum absolute atomic E-state index is 12.3. The molecule has 1 atom stereocenters. The molecule has 0 radical (unpaired) electrons. The van der Waals surface area contributed by atoms with Crippen LogP contribution in [0.3, 0.4) is 0 Å². The SMILES string of the molecule is O=C(NOCc1ccccc1)[C@H]1CC(=O)N(c2ccc3c(c2)OCO3)C1. The van der Waals surface area contributed by atoms with E-state index in [4.69, 9.17) is 14.3 Å². The van der Waals surface area contributed by atoms with Gasteiger partial charge in [0.05, 0.1) is 12.5 Å². The monoisotopic (exact) mass is 354 g/mol. The number of hydrogen-bond donors (Lipinski definition) is 1. The minimum absolute atomic E-state index is 0.105. The number of nitrogens with one attached hydrogen (secondary N) is 1. The lowest BCUT2D eigenvalue weighted by atomic mass is 10.1. The molecule has 7 heteroatoms. The van der Waals surface area contributed by atoms with E-state index in [2.05, 4.69) is 5.48 Å². The predicted molar refractivity (Wildman–Crippen MR) is 92.4 cm³/mol. The summed E-state index contributed by atoms with van der Waals surface area (Å²) in [5, 5.41) is 0. The van der Waals surface area contributed by atoms with Crippen LogP contribution in [0.1, 0.15) is 12.0 Å². The van der Waals surface area contributed by atoms with Crippen LogP contribution in [0.15, 0.2) is 48.5 Å². The maximum Gasteiger partial charge on any atom is 0.248 e. The quantitative estimate of drug-likeness (QED) is 0.832. The topological polar surface area (TPSA) is 77.1 Å². The lowest BCUT2D eigenvalue weighted by Crippen LogP contribution is -2.33. The van der Waals surface area contributed by atoms with Gasteiger partial charge in [-0.1, -0.05) is 30.3 Å². The molecule has 2 heterocycles. The smallest absolute Gasteiger partial charge is 0.248 e. The van der Waals surface area contributed by atoms with Gasteiger partial charge in [0.2, 0.25) is 18.6 Å². The molecule has 2 aliphatic heterocycles. The zero-order valence-electron chi connectivity index (χ0n) is 14.0. The number of nitrogens with zero attached hydrogens (tertiary/aromatic N) is 1. The van der Waals surface area contributed by atoms with Crippen molar-refractivity contribution in [3.8, 4) is 11.5 Å². The number of anilines is 1. The van der Waals surface area contributed by atoms with Gasteiger partial charge in [-0.3, -0.25) is 14.4 Å². The molecule has 0 aliphatic carbocycles. The number of rotatable bonds is 5.